The van der Waals surface area contributed by atoms with Crippen LogP contribution in [0, 0.1) is 0 Å². The van der Waals surface area contributed by atoms with Crippen LogP contribution in [0.4, 0.5) is 4.79 Å². The van der Waals surface area contributed by atoms with Gasteiger partial charge in [0.05, 0.1) is 0 Å². The molecule has 20 heavy (non-hydrogen) atoms. The van der Waals surface area contributed by atoms with E-state index in [-0.39, 0.29) is 19.0 Å². The van der Waals surface area contributed by atoms with Gasteiger partial charge in [-0.1, -0.05) is 11.6 Å². The predicted octanol–water partition coefficient (Wildman–Crippen LogP) is 0.0814. The molecule has 1 saturated heterocycles. The number of nitrogens with zero attached hydrogens (tertiary/aromatic N) is 1. The Kier molecular flexibility index (Phi) is 4.60. The van der Waals surface area contributed by atoms with Gasteiger partial charge in [0, 0.05) is 13.1 Å². The molecule has 1 heterocycles. The number of carboxylic acid groups (broad SMARTS) is 1. The Hall–Kier alpha value is -2.05. The molecule has 3 amide bonds. The first-order valence-corrected chi connectivity index (χ1v) is 6.80. The summed E-state index contributed by atoms with van der Waals surface area (Å²) in [6.07, 6.45) is 6.29. The summed E-state index contributed by atoms with van der Waals surface area (Å²) in [6, 6.07) is -1.50. The van der Waals surface area contributed by atoms with E-state index in [2.05, 4.69) is 16.7 Å². The molecule has 2 rings (SSSR count). The van der Waals surface area contributed by atoms with E-state index < -0.39 is 18.0 Å². The fourth-order valence-corrected chi connectivity index (χ4v) is 2.47. The molecule has 0 spiro atoms. The van der Waals surface area contributed by atoms with Crippen molar-refractivity contribution in [1.29, 1.82) is 0 Å². The summed E-state index contributed by atoms with van der Waals surface area (Å²) in [5.74, 6) is -1.45. The van der Waals surface area contributed by atoms with Gasteiger partial charge in [-0.15, -0.1) is 0 Å². The van der Waals surface area contributed by atoms with Crippen molar-refractivity contribution in [3.63, 3.8) is 0 Å². The highest BCUT2D eigenvalue weighted by Gasteiger charge is 2.34. The summed E-state index contributed by atoms with van der Waals surface area (Å²) in [6.45, 7) is 0.202. The molecule has 0 radical (unpaired) electrons. The maximum absolute atomic E-state index is 12.0. The van der Waals surface area contributed by atoms with Crippen molar-refractivity contribution >= 4 is 17.9 Å². The third-order valence-electron chi connectivity index (χ3n) is 3.59. The maximum Gasteiger partial charge on any atom is 0.328 e. The molecule has 1 unspecified atom stereocenters. The number of rotatable bonds is 4. The second-order valence-corrected chi connectivity index (χ2v) is 5.02. The zero-order valence-electron chi connectivity index (χ0n) is 11.2. The van der Waals surface area contributed by atoms with Crippen LogP contribution < -0.4 is 10.6 Å². The molecular formula is C13H19N3O4. The highest BCUT2D eigenvalue weighted by atomic mass is 16.4. The van der Waals surface area contributed by atoms with Crippen LogP contribution in [-0.4, -0.2) is 53.6 Å². The Balaban J connectivity index is 1.85. The lowest BCUT2D eigenvalue weighted by atomic mass is 10.1. The van der Waals surface area contributed by atoms with Crippen molar-refractivity contribution in [3.05, 3.63) is 11.6 Å². The Morgan fingerprint density at radius 3 is 2.95 bits per heavy atom. The topological polar surface area (TPSA) is 98.7 Å². The summed E-state index contributed by atoms with van der Waals surface area (Å²) in [7, 11) is 0. The number of carbonyl (C=O) groups is 3. The molecule has 3 N–H and O–H groups in total. The molecule has 1 aliphatic carbocycles. The van der Waals surface area contributed by atoms with Crippen LogP contribution in [0.25, 0.3) is 0 Å². The third kappa shape index (κ3) is 3.49. The lowest BCUT2D eigenvalue weighted by Crippen LogP contribution is -2.61. The highest BCUT2D eigenvalue weighted by Crippen LogP contribution is 2.19. The number of hydrogen-bond acceptors (Lipinski definition) is 3. The highest BCUT2D eigenvalue weighted by molar-refractivity contribution is 5.90. The number of carbonyl (C=O) groups excluding carboxylic acids is 2. The van der Waals surface area contributed by atoms with Gasteiger partial charge in [0.15, 0.2) is 0 Å². The van der Waals surface area contributed by atoms with Crippen molar-refractivity contribution in [1.82, 2.24) is 15.5 Å². The minimum absolute atomic E-state index is 0.0489. The molecule has 1 atom stereocenters. The molecule has 110 valence electrons. The summed E-state index contributed by atoms with van der Waals surface area (Å²) in [4.78, 5) is 35.4. The van der Waals surface area contributed by atoms with Crippen molar-refractivity contribution in [2.45, 2.75) is 31.7 Å². The number of nitrogens with one attached hydrogen (secondary N) is 2. The van der Waals surface area contributed by atoms with Crippen LogP contribution in [-0.2, 0) is 9.59 Å². The minimum Gasteiger partial charge on any atom is -0.480 e. The van der Waals surface area contributed by atoms with Crippen LogP contribution in [0.15, 0.2) is 11.6 Å². The number of urea groups is 1. The Morgan fingerprint density at radius 1 is 1.50 bits per heavy atom. The van der Waals surface area contributed by atoms with E-state index in [4.69, 9.17) is 5.11 Å². The fraction of sp³-hybridized carbons (Fsp3) is 0.615. The molecule has 0 aromatic heterocycles. The summed E-state index contributed by atoms with van der Waals surface area (Å²) >= 11 is 0. The van der Waals surface area contributed by atoms with E-state index >= 15 is 0 Å². The molecule has 7 heteroatoms. The zero-order valence-corrected chi connectivity index (χ0v) is 11.2. The molecular weight excluding hydrogens is 262 g/mol. The van der Waals surface area contributed by atoms with Crippen molar-refractivity contribution in [2.75, 3.05) is 19.6 Å². The van der Waals surface area contributed by atoms with Crippen molar-refractivity contribution in [2.24, 2.45) is 0 Å². The number of aliphatic carboxylic acids is 1. The lowest BCUT2D eigenvalue weighted by Gasteiger charge is -2.32. The van der Waals surface area contributed by atoms with E-state index in [0.29, 0.717) is 6.54 Å². The lowest BCUT2D eigenvalue weighted by molar-refractivity contribution is -0.144. The molecule has 0 bridgehead atoms. The second-order valence-electron chi connectivity index (χ2n) is 5.02. The van der Waals surface area contributed by atoms with Crippen molar-refractivity contribution < 1.29 is 19.5 Å². The third-order valence-corrected chi connectivity index (χ3v) is 3.59. The summed E-state index contributed by atoms with van der Waals surface area (Å²) < 4.78 is 0. The molecule has 0 aromatic rings. The summed E-state index contributed by atoms with van der Waals surface area (Å²) in [5, 5.41) is 14.2. The van der Waals surface area contributed by atoms with E-state index in [9.17, 15) is 14.4 Å². The van der Waals surface area contributed by atoms with Gasteiger partial charge in [0.1, 0.15) is 12.6 Å². The Bertz CT molecular complexity index is 447. The fourth-order valence-electron chi connectivity index (χ4n) is 2.47. The molecule has 7 nitrogen and oxygen atoms in total. The minimum atomic E-state index is -1.11. The van der Waals surface area contributed by atoms with Crippen LogP contribution in [0.1, 0.15) is 25.7 Å². The molecule has 0 saturated carbocycles. The average Bonchev–Trinajstić information content (AvgIpc) is 2.91. The van der Waals surface area contributed by atoms with Crippen molar-refractivity contribution in [3.8, 4) is 0 Å². The molecule has 1 fully saturated rings. The number of hydrogen-bond donors (Lipinski definition) is 3. The van der Waals surface area contributed by atoms with E-state index in [0.717, 1.165) is 30.6 Å². The SMILES string of the molecule is O=C1CN(C(=O)NCCC2=CCCC2)C(C(=O)O)CN1. The van der Waals surface area contributed by atoms with Gasteiger partial charge >= 0.3 is 12.0 Å². The summed E-state index contributed by atoms with van der Waals surface area (Å²) in [5.41, 5.74) is 1.33. The molecule has 1 aliphatic heterocycles. The number of piperazine rings is 1. The smallest absolute Gasteiger partial charge is 0.328 e. The molecule has 0 aromatic carbocycles. The first-order chi connectivity index (χ1) is 9.58. The van der Waals surface area contributed by atoms with Gasteiger partial charge in [0.2, 0.25) is 5.91 Å². The first kappa shape index (κ1) is 14.4. The van der Waals surface area contributed by atoms with Gasteiger partial charge in [-0.2, -0.15) is 0 Å². The Labute approximate surface area is 117 Å². The van der Waals surface area contributed by atoms with E-state index in [1.54, 1.807) is 0 Å². The monoisotopic (exact) mass is 281 g/mol. The van der Waals surface area contributed by atoms with Gasteiger partial charge in [-0.25, -0.2) is 9.59 Å². The van der Waals surface area contributed by atoms with E-state index in [1.165, 1.54) is 5.57 Å². The quantitative estimate of drug-likeness (QED) is 0.636. The standard InChI is InChI=1S/C13H19N3O4/c17-11-8-16(10(7-15-11)12(18)19)13(20)14-6-5-9-3-1-2-4-9/h3,10H,1-2,4-8H2,(H,14,20)(H,15,17)(H,18,19). The normalized spacial score (nSPS) is 22.2. The largest absolute Gasteiger partial charge is 0.480 e. The Morgan fingerprint density at radius 2 is 2.30 bits per heavy atom. The van der Waals surface area contributed by atoms with Crippen LogP contribution in [0.2, 0.25) is 0 Å². The predicted molar refractivity (Wildman–Crippen MR) is 71.1 cm³/mol. The van der Waals surface area contributed by atoms with Crippen LogP contribution in [0.5, 0.6) is 0 Å². The van der Waals surface area contributed by atoms with Crippen LogP contribution in [0.3, 0.4) is 0 Å². The maximum atomic E-state index is 12.0. The number of amides is 3. The van der Waals surface area contributed by atoms with Crippen LogP contribution >= 0.6 is 0 Å². The van der Waals surface area contributed by atoms with Gasteiger partial charge in [-0.3, -0.25) is 9.69 Å². The number of carboxylic acids is 1. The zero-order chi connectivity index (χ0) is 14.5. The van der Waals surface area contributed by atoms with E-state index in [1.807, 2.05) is 0 Å². The van der Waals surface area contributed by atoms with Gasteiger partial charge < -0.3 is 15.7 Å². The van der Waals surface area contributed by atoms with Gasteiger partial charge in [0.25, 0.3) is 0 Å². The average molecular weight is 281 g/mol. The molecule has 2 aliphatic rings. The number of allylic oxidation sites excluding steroid dienone is 1. The first-order valence-electron chi connectivity index (χ1n) is 6.80. The second kappa shape index (κ2) is 6.40. The van der Waals surface area contributed by atoms with Gasteiger partial charge in [-0.05, 0) is 25.7 Å².